The summed E-state index contributed by atoms with van der Waals surface area (Å²) in [5.74, 6) is 1.55. The molecule has 1 fully saturated rings. The van der Waals surface area contributed by atoms with E-state index in [-0.39, 0.29) is 0 Å². The summed E-state index contributed by atoms with van der Waals surface area (Å²) in [6.07, 6.45) is 2.42. The number of methoxy groups -OCH3 is 1. The van der Waals surface area contributed by atoms with Gasteiger partial charge in [0.15, 0.2) is 5.76 Å². The standard InChI is InChI=1S/C13H23N3O2/c1-10-3-4-16(12(5-10)7-14)8-11-6-13(9-17-2)18-15-11/h6,10,12H,3-5,7-9,14H2,1-2H3. The number of ether oxygens (including phenoxy) is 1. The lowest BCUT2D eigenvalue weighted by Gasteiger charge is -2.37. The highest BCUT2D eigenvalue weighted by Gasteiger charge is 2.25. The van der Waals surface area contributed by atoms with Crippen molar-refractivity contribution >= 4 is 0 Å². The quantitative estimate of drug-likeness (QED) is 0.859. The third-order valence-electron chi connectivity index (χ3n) is 3.63. The Morgan fingerprint density at radius 1 is 1.61 bits per heavy atom. The van der Waals surface area contributed by atoms with Crippen LogP contribution in [0, 0.1) is 5.92 Å². The molecule has 1 aromatic rings. The predicted octanol–water partition coefficient (Wildman–Crippen LogP) is 1.38. The number of hydrogen-bond acceptors (Lipinski definition) is 5. The fourth-order valence-electron chi connectivity index (χ4n) is 2.60. The van der Waals surface area contributed by atoms with Gasteiger partial charge in [-0.2, -0.15) is 0 Å². The van der Waals surface area contributed by atoms with Crippen molar-refractivity contribution in [2.75, 3.05) is 20.2 Å². The van der Waals surface area contributed by atoms with Gasteiger partial charge in [-0.1, -0.05) is 12.1 Å². The summed E-state index contributed by atoms with van der Waals surface area (Å²) in [6, 6.07) is 2.44. The van der Waals surface area contributed by atoms with Crippen LogP contribution < -0.4 is 5.73 Å². The van der Waals surface area contributed by atoms with Gasteiger partial charge in [-0.3, -0.25) is 4.90 Å². The second-order valence-electron chi connectivity index (χ2n) is 5.21. The molecule has 0 amide bonds. The highest BCUT2D eigenvalue weighted by molar-refractivity contribution is 5.05. The molecule has 1 aliphatic heterocycles. The summed E-state index contributed by atoms with van der Waals surface area (Å²) in [5.41, 5.74) is 6.82. The van der Waals surface area contributed by atoms with Crippen LogP contribution in [0.3, 0.4) is 0 Å². The summed E-state index contributed by atoms with van der Waals surface area (Å²) in [6.45, 7) is 5.40. The maximum Gasteiger partial charge on any atom is 0.162 e. The molecule has 1 aliphatic rings. The largest absolute Gasteiger partial charge is 0.377 e. The molecule has 0 aliphatic carbocycles. The van der Waals surface area contributed by atoms with Crippen LogP contribution in [0.1, 0.15) is 31.2 Å². The van der Waals surface area contributed by atoms with Crippen LogP contribution in [0.2, 0.25) is 0 Å². The van der Waals surface area contributed by atoms with Gasteiger partial charge in [0.2, 0.25) is 0 Å². The van der Waals surface area contributed by atoms with Crippen LogP contribution >= 0.6 is 0 Å². The molecule has 2 heterocycles. The lowest BCUT2D eigenvalue weighted by atomic mass is 9.92. The second kappa shape index (κ2) is 6.31. The topological polar surface area (TPSA) is 64.5 Å². The van der Waals surface area contributed by atoms with Crippen molar-refractivity contribution in [2.45, 2.75) is 39.0 Å². The molecule has 5 nitrogen and oxygen atoms in total. The van der Waals surface area contributed by atoms with E-state index >= 15 is 0 Å². The summed E-state index contributed by atoms with van der Waals surface area (Å²) >= 11 is 0. The third kappa shape index (κ3) is 3.31. The van der Waals surface area contributed by atoms with E-state index in [0.717, 1.165) is 30.5 Å². The first-order valence-electron chi connectivity index (χ1n) is 6.60. The Labute approximate surface area is 108 Å². The maximum absolute atomic E-state index is 5.86. The Kier molecular flexibility index (Phi) is 4.74. The molecule has 2 N–H and O–H groups in total. The molecule has 1 aromatic heterocycles. The van der Waals surface area contributed by atoms with Gasteiger partial charge in [0, 0.05) is 32.3 Å². The molecular weight excluding hydrogens is 230 g/mol. The Morgan fingerprint density at radius 2 is 2.44 bits per heavy atom. The van der Waals surface area contributed by atoms with E-state index < -0.39 is 0 Å². The number of hydrogen-bond donors (Lipinski definition) is 1. The summed E-state index contributed by atoms with van der Waals surface area (Å²) in [7, 11) is 1.65. The van der Waals surface area contributed by atoms with E-state index in [2.05, 4.69) is 17.0 Å². The Hall–Kier alpha value is -0.910. The first kappa shape index (κ1) is 13.5. The average Bonchev–Trinajstić information content (AvgIpc) is 2.79. The monoisotopic (exact) mass is 253 g/mol. The molecular formula is C13H23N3O2. The zero-order valence-electron chi connectivity index (χ0n) is 11.3. The number of aromatic nitrogens is 1. The molecule has 2 rings (SSSR count). The first-order valence-corrected chi connectivity index (χ1v) is 6.60. The Balaban J connectivity index is 1.94. The molecule has 2 atom stereocenters. The van der Waals surface area contributed by atoms with E-state index in [9.17, 15) is 0 Å². The van der Waals surface area contributed by atoms with E-state index in [1.54, 1.807) is 7.11 Å². The number of likely N-dealkylation sites (tertiary alicyclic amines) is 1. The average molecular weight is 253 g/mol. The molecule has 2 unspecified atom stereocenters. The van der Waals surface area contributed by atoms with Gasteiger partial charge in [0.05, 0.1) is 5.69 Å². The van der Waals surface area contributed by atoms with Crippen molar-refractivity contribution in [3.63, 3.8) is 0 Å². The van der Waals surface area contributed by atoms with Crippen LogP contribution in [0.4, 0.5) is 0 Å². The minimum atomic E-state index is 0.469. The van der Waals surface area contributed by atoms with Gasteiger partial charge in [0.1, 0.15) is 6.61 Å². The fourth-order valence-corrected chi connectivity index (χ4v) is 2.60. The summed E-state index contributed by atoms with van der Waals surface area (Å²) < 4.78 is 10.2. The third-order valence-corrected chi connectivity index (χ3v) is 3.63. The lowest BCUT2D eigenvalue weighted by Crippen LogP contribution is -2.45. The summed E-state index contributed by atoms with van der Waals surface area (Å²) in [4.78, 5) is 2.41. The van der Waals surface area contributed by atoms with Crippen molar-refractivity contribution in [1.82, 2.24) is 10.1 Å². The minimum absolute atomic E-state index is 0.469. The Bertz CT molecular complexity index is 367. The lowest BCUT2D eigenvalue weighted by molar-refractivity contribution is 0.112. The SMILES string of the molecule is COCc1cc(CN2CCC(C)CC2CN)no1. The van der Waals surface area contributed by atoms with Gasteiger partial charge < -0.3 is 15.0 Å². The Morgan fingerprint density at radius 3 is 3.17 bits per heavy atom. The maximum atomic E-state index is 5.86. The minimum Gasteiger partial charge on any atom is -0.377 e. The van der Waals surface area contributed by atoms with Gasteiger partial charge >= 0.3 is 0 Å². The molecule has 18 heavy (non-hydrogen) atoms. The number of nitrogens with zero attached hydrogens (tertiary/aromatic N) is 2. The van der Waals surface area contributed by atoms with Crippen LogP contribution in [0.15, 0.2) is 10.6 Å². The van der Waals surface area contributed by atoms with Gasteiger partial charge in [0.25, 0.3) is 0 Å². The van der Waals surface area contributed by atoms with Crippen LogP contribution in [-0.4, -0.2) is 36.3 Å². The first-order chi connectivity index (χ1) is 8.72. The van der Waals surface area contributed by atoms with E-state index in [4.69, 9.17) is 15.0 Å². The van der Waals surface area contributed by atoms with Crippen LogP contribution in [0.5, 0.6) is 0 Å². The van der Waals surface area contributed by atoms with E-state index in [1.165, 1.54) is 12.8 Å². The molecule has 0 radical (unpaired) electrons. The van der Waals surface area contributed by atoms with E-state index in [1.807, 2.05) is 6.07 Å². The fraction of sp³-hybridized carbons (Fsp3) is 0.769. The second-order valence-corrected chi connectivity index (χ2v) is 5.21. The van der Waals surface area contributed by atoms with Crippen molar-refractivity contribution in [3.05, 3.63) is 17.5 Å². The number of rotatable bonds is 5. The van der Waals surface area contributed by atoms with Gasteiger partial charge in [-0.25, -0.2) is 0 Å². The predicted molar refractivity (Wildman–Crippen MR) is 68.9 cm³/mol. The highest BCUT2D eigenvalue weighted by Crippen LogP contribution is 2.23. The molecule has 1 saturated heterocycles. The highest BCUT2D eigenvalue weighted by atomic mass is 16.5. The van der Waals surface area contributed by atoms with Crippen molar-refractivity contribution in [3.8, 4) is 0 Å². The van der Waals surface area contributed by atoms with Gasteiger partial charge in [-0.15, -0.1) is 0 Å². The van der Waals surface area contributed by atoms with Crippen LogP contribution in [0.25, 0.3) is 0 Å². The molecule has 0 saturated carbocycles. The molecule has 0 aromatic carbocycles. The zero-order chi connectivity index (χ0) is 13.0. The normalized spacial score (nSPS) is 25.5. The molecule has 0 bridgehead atoms. The molecule has 0 spiro atoms. The number of nitrogens with two attached hydrogens (primary N) is 1. The smallest absolute Gasteiger partial charge is 0.162 e. The zero-order valence-corrected chi connectivity index (χ0v) is 11.3. The van der Waals surface area contributed by atoms with E-state index in [0.29, 0.717) is 19.2 Å². The number of piperidine rings is 1. The summed E-state index contributed by atoms with van der Waals surface area (Å²) in [5, 5.41) is 4.08. The molecule has 102 valence electrons. The molecule has 5 heteroatoms. The van der Waals surface area contributed by atoms with Crippen LogP contribution in [-0.2, 0) is 17.9 Å². The van der Waals surface area contributed by atoms with Crippen molar-refractivity contribution in [1.29, 1.82) is 0 Å². The van der Waals surface area contributed by atoms with Gasteiger partial charge in [-0.05, 0) is 25.3 Å². The van der Waals surface area contributed by atoms with Crippen molar-refractivity contribution in [2.24, 2.45) is 11.7 Å². The van der Waals surface area contributed by atoms with Crippen molar-refractivity contribution < 1.29 is 9.26 Å².